The van der Waals surface area contributed by atoms with Crippen molar-refractivity contribution in [3.8, 4) is 11.1 Å². The molecule has 0 spiro atoms. The van der Waals surface area contributed by atoms with Gasteiger partial charge in [-0.3, -0.25) is 0 Å². The second kappa shape index (κ2) is 3.72. The quantitative estimate of drug-likeness (QED) is 0.607. The van der Waals surface area contributed by atoms with E-state index in [0.29, 0.717) is 0 Å². The lowest BCUT2D eigenvalue weighted by Gasteiger charge is -2.00. The van der Waals surface area contributed by atoms with Gasteiger partial charge in [-0.15, -0.1) is 0 Å². The summed E-state index contributed by atoms with van der Waals surface area (Å²) >= 11 is 1.56. The predicted molar refractivity (Wildman–Crippen MR) is 68.6 cm³/mol. The van der Waals surface area contributed by atoms with Crippen molar-refractivity contribution in [2.24, 2.45) is 0 Å². The standard InChI is InChI=1S/C14H10NS/c1-10-13-9-12(7-8-14(13)16-15-10)11-5-3-2-4-6-11/h2-5,7-9H,1H3. The van der Waals surface area contributed by atoms with E-state index in [1.807, 2.05) is 18.2 Å². The lowest BCUT2D eigenvalue weighted by Crippen LogP contribution is -1.77. The van der Waals surface area contributed by atoms with Crippen molar-refractivity contribution in [3.63, 3.8) is 0 Å². The molecule has 2 aromatic carbocycles. The highest BCUT2D eigenvalue weighted by atomic mass is 32.1. The van der Waals surface area contributed by atoms with Crippen LogP contribution in [0.1, 0.15) is 5.69 Å². The lowest BCUT2D eigenvalue weighted by atomic mass is 10.0. The molecule has 0 aliphatic heterocycles. The summed E-state index contributed by atoms with van der Waals surface area (Å²) in [6.45, 7) is 2.05. The topological polar surface area (TPSA) is 12.9 Å². The highest BCUT2D eigenvalue weighted by molar-refractivity contribution is 7.13. The van der Waals surface area contributed by atoms with Crippen LogP contribution in [0.25, 0.3) is 21.2 Å². The van der Waals surface area contributed by atoms with Gasteiger partial charge in [0.05, 0.1) is 10.4 Å². The Hall–Kier alpha value is -1.67. The van der Waals surface area contributed by atoms with Gasteiger partial charge < -0.3 is 0 Å². The van der Waals surface area contributed by atoms with Crippen LogP contribution in [0.2, 0.25) is 0 Å². The number of rotatable bonds is 1. The van der Waals surface area contributed by atoms with Crippen LogP contribution in [0.4, 0.5) is 0 Å². The first kappa shape index (κ1) is 9.55. The van der Waals surface area contributed by atoms with Gasteiger partial charge in [0.15, 0.2) is 0 Å². The molecule has 1 nitrogen and oxygen atoms in total. The van der Waals surface area contributed by atoms with E-state index < -0.39 is 0 Å². The molecule has 77 valence electrons. The summed E-state index contributed by atoms with van der Waals surface area (Å²) < 4.78 is 5.61. The van der Waals surface area contributed by atoms with Crippen LogP contribution in [-0.4, -0.2) is 4.37 Å². The number of aryl methyl sites for hydroxylation is 1. The monoisotopic (exact) mass is 224 g/mol. The zero-order valence-electron chi connectivity index (χ0n) is 8.90. The van der Waals surface area contributed by atoms with Crippen molar-refractivity contribution in [2.75, 3.05) is 0 Å². The van der Waals surface area contributed by atoms with Crippen LogP contribution in [0.3, 0.4) is 0 Å². The maximum Gasteiger partial charge on any atom is 0.0590 e. The smallest absolute Gasteiger partial charge is 0.0590 e. The average Bonchev–Trinajstić information content (AvgIpc) is 2.72. The molecule has 16 heavy (non-hydrogen) atoms. The van der Waals surface area contributed by atoms with E-state index in [0.717, 1.165) is 11.3 Å². The Morgan fingerprint density at radius 3 is 2.94 bits per heavy atom. The van der Waals surface area contributed by atoms with Gasteiger partial charge in [0.25, 0.3) is 0 Å². The number of fused-ring (bicyclic) bond motifs is 1. The minimum atomic E-state index is 1.11. The summed E-state index contributed by atoms with van der Waals surface area (Å²) in [5, 5.41) is 1.25. The highest BCUT2D eigenvalue weighted by Gasteiger charge is 2.04. The fourth-order valence-electron chi connectivity index (χ4n) is 1.80. The van der Waals surface area contributed by atoms with Gasteiger partial charge in [-0.05, 0) is 47.8 Å². The number of benzene rings is 2. The second-order valence-electron chi connectivity index (χ2n) is 3.76. The van der Waals surface area contributed by atoms with Crippen LogP contribution < -0.4 is 0 Å². The molecular formula is C14H10NS. The largest absolute Gasteiger partial charge is 0.197 e. The van der Waals surface area contributed by atoms with Crippen LogP contribution in [0, 0.1) is 13.0 Å². The van der Waals surface area contributed by atoms with E-state index in [9.17, 15) is 0 Å². The van der Waals surface area contributed by atoms with Crippen LogP contribution >= 0.6 is 11.5 Å². The Kier molecular flexibility index (Phi) is 2.22. The Morgan fingerprint density at radius 1 is 1.19 bits per heavy atom. The molecule has 0 saturated carbocycles. The van der Waals surface area contributed by atoms with E-state index in [-0.39, 0.29) is 0 Å². The third kappa shape index (κ3) is 1.51. The first-order valence-corrected chi connectivity index (χ1v) is 5.95. The van der Waals surface area contributed by atoms with E-state index >= 15 is 0 Å². The predicted octanol–water partition coefficient (Wildman–Crippen LogP) is 4.07. The van der Waals surface area contributed by atoms with Crippen molar-refractivity contribution in [3.05, 3.63) is 54.2 Å². The molecule has 0 amide bonds. The Balaban J connectivity index is 2.22. The Labute approximate surface area is 98.5 Å². The summed E-state index contributed by atoms with van der Waals surface area (Å²) in [7, 11) is 0. The third-order valence-electron chi connectivity index (χ3n) is 2.67. The molecule has 0 unspecified atom stereocenters. The Bertz CT molecular complexity index is 626. The molecule has 3 rings (SSSR count). The van der Waals surface area contributed by atoms with Crippen LogP contribution in [-0.2, 0) is 0 Å². The third-order valence-corrected chi connectivity index (χ3v) is 3.59. The highest BCUT2D eigenvalue weighted by Crippen LogP contribution is 2.27. The van der Waals surface area contributed by atoms with Gasteiger partial charge in [-0.1, -0.05) is 30.3 Å². The zero-order valence-corrected chi connectivity index (χ0v) is 9.71. The lowest BCUT2D eigenvalue weighted by molar-refractivity contribution is 1.37. The van der Waals surface area contributed by atoms with Crippen molar-refractivity contribution < 1.29 is 0 Å². The molecule has 1 heterocycles. The van der Waals surface area contributed by atoms with E-state index in [1.165, 1.54) is 15.6 Å². The molecule has 0 N–H and O–H groups in total. The van der Waals surface area contributed by atoms with E-state index in [4.69, 9.17) is 0 Å². The summed E-state index contributed by atoms with van der Waals surface area (Å²) in [6, 6.07) is 17.7. The number of hydrogen-bond donors (Lipinski definition) is 0. The van der Waals surface area contributed by atoms with Gasteiger partial charge in [0, 0.05) is 5.39 Å². The van der Waals surface area contributed by atoms with Crippen molar-refractivity contribution in [1.82, 2.24) is 4.37 Å². The molecule has 0 bridgehead atoms. The van der Waals surface area contributed by atoms with Crippen LogP contribution in [0.5, 0.6) is 0 Å². The maximum absolute atomic E-state index is 4.36. The summed E-state index contributed by atoms with van der Waals surface area (Å²) in [5.74, 6) is 0. The second-order valence-corrected chi connectivity index (χ2v) is 4.56. The molecule has 1 radical (unpaired) electrons. The van der Waals surface area contributed by atoms with Gasteiger partial charge in [-0.25, -0.2) is 0 Å². The number of nitrogens with zero attached hydrogens (tertiary/aromatic N) is 1. The summed E-state index contributed by atoms with van der Waals surface area (Å²) in [5.41, 5.74) is 3.45. The van der Waals surface area contributed by atoms with Crippen molar-refractivity contribution in [2.45, 2.75) is 6.92 Å². The summed E-state index contributed by atoms with van der Waals surface area (Å²) in [6.07, 6.45) is 0. The maximum atomic E-state index is 4.36. The SMILES string of the molecule is Cc1nsc2ccc(-c3[c]cccc3)cc12. The first-order chi connectivity index (χ1) is 7.84. The van der Waals surface area contributed by atoms with Crippen molar-refractivity contribution >= 4 is 21.6 Å². The van der Waals surface area contributed by atoms with Gasteiger partial charge in [0.2, 0.25) is 0 Å². The molecule has 1 aromatic heterocycles. The molecule has 0 fully saturated rings. The van der Waals surface area contributed by atoms with Gasteiger partial charge >= 0.3 is 0 Å². The fourth-order valence-corrected chi connectivity index (χ4v) is 2.57. The van der Waals surface area contributed by atoms with Gasteiger partial charge in [0.1, 0.15) is 0 Å². The fraction of sp³-hybridized carbons (Fsp3) is 0.0714. The summed E-state index contributed by atoms with van der Waals surface area (Å²) in [4.78, 5) is 0. The number of hydrogen-bond acceptors (Lipinski definition) is 2. The van der Waals surface area contributed by atoms with Crippen molar-refractivity contribution in [1.29, 1.82) is 0 Å². The molecule has 0 aliphatic rings. The zero-order chi connectivity index (χ0) is 11.0. The molecule has 0 saturated heterocycles. The minimum Gasteiger partial charge on any atom is -0.197 e. The minimum absolute atomic E-state index is 1.11. The number of aromatic nitrogens is 1. The molecule has 0 aliphatic carbocycles. The average molecular weight is 224 g/mol. The molecule has 3 aromatic rings. The molecule has 0 atom stereocenters. The normalized spacial score (nSPS) is 10.8. The molecular weight excluding hydrogens is 214 g/mol. The van der Waals surface area contributed by atoms with Gasteiger partial charge in [-0.2, -0.15) is 4.37 Å². The van der Waals surface area contributed by atoms with Crippen LogP contribution in [0.15, 0.2) is 42.5 Å². The first-order valence-electron chi connectivity index (χ1n) is 5.18. The molecule has 2 heteroatoms. The van der Waals surface area contributed by atoms with E-state index in [1.54, 1.807) is 11.5 Å². The van der Waals surface area contributed by atoms with E-state index in [2.05, 4.69) is 41.6 Å². The Morgan fingerprint density at radius 2 is 2.12 bits per heavy atom.